The van der Waals surface area contributed by atoms with Crippen molar-refractivity contribution in [2.45, 2.75) is 38.8 Å². The molecule has 4 heteroatoms. The minimum atomic E-state index is -0.113. The van der Waals surface area contributed by atoms with Crippen molar-refractivity contribution in [3.63, 3.8) is 0 Å². The first kappa shape index (κ1) is 11.5. The fourth-order valence-electron chi connectivity index (χ4n) is 1.60. The van der Waals surface area contributed by atoms with E-state index in [1.54, 1.807) is 0 Å². The second-order valence-electron chi connectivity index (χ2n) is 3.87. The summed E-state index contributed by atoms with van der Waals surface area (Å²) in [5.74, 6) is -0.0270. The molecule has 0 radical (unpaired) electrons. The van der Waals surface area contributed by atoms with E-state index in [0.29, 0.717) is 6.61 Å². The van der Waals surface area contributed by atoms with E-state index in [-0.39, 0.29) is 30.6 Å². The zero-order valence-electron chi connectivity index (χ0n) is 8.82. The number of hydrogen-bond acceptors (Lipinski definition) is 3. The van der Waals surface area contributed by atoms with Gasteiger partial charge < -0.3 is 15.2 Å². The monoisotopic (exact) mass is 201 g/mol. The zero-order chi connectivity index (χ0) is 10.6. The zero-order valence-corrected chi connectivity index (χ0v) is 8.82. The molecule has 4 nitrogen and oxygen atoms in total. The fraction of sp³-hybridized carbons (Fsp3) is 0.900. The quantitative estimate of drug-likeness (QED) is 0.687. The highest BCUT2D eigenvalue weighted by molar-refractivity contribution is 5.79. The molecule has 3 unspecified atom stereocenters. The van der Waals surface area contributed by atoms with Gasteiger partial charge >= 0.3 is 0 Å². The van der Waals surface area contributed by atoms with Gasteiger partial charge in [0.05, 0.1) is 31.3 Å². The molecule has 0 aromatic carbocycles. The van der Waals surface area contributed by atoms with Crippen LogP contribution < -0.4 is 5.32 Å². The van der Waals surface area contributed by atoms with Crippen molar-refractivity contribution in [3.05, 3.63) is 0 Å². The molecule has 14 heavy (non-hydrogen) atoms. The molecule has 1 heterocycles. The van der Waals surface area contributed by atoms with Crippen LogP contribution in [0.25, 0.3) is 0 Å². The largest absolute Gasteiger partial charge is 0.394 e. The van der Waals surface area contributed by atoms with Gasteiger partial charge in [0, 0.05) is 0 Å². The number of aliphatic hydroxyl groups excluding tert-OH is 1. The highest BCUT2D eigenvalue weighted by atomic mass is 16.5. The van der Waals surface area contributed by atoms with Crippen LogP contribution in [0.5, 0.6) is 0 Å². The van der Waals surface area contributed by atoms with Gasteiger partial charge in [-0.1, -0.05) is 6.92 Å². The average Bonchev–Trinajstić information content (AvgIpc) is 2.61. The third-order valence-corrected chi connectivity index (χ3v) is 2.63. The predicted molar refractivity (Wildman–Crippen MR) is 52.8 cm³/mol. The number of nitrogens with one attached hydrogen (secondary N) is 1. The maximum atomic E-state index is 11.6. The van der Waals surface area contributed by atoms with E-state index in [1.165, 1.54) is 0 Å². The SMILES string of the molecule is CCC(CO)NC(=O)C1COC(C)C1. The molecule has 0 aliphatic carbocycles. The standard InChI is InChI=1S/C10H19NO3/c1-3-9(5-12)11-10(13)8-4-7(2)14-6-8/h7-9,12H,3-6H2,1-2H3,(H,11,13). The van der Waals surface area contributed by atoms with Crippen molar-refractivity contribution in [2.75, 3.05) is 13.2 Å². The minimum Gasteiger partial charge on any atom is -0.394 e. The Balaban J connectivity index is 2.34. The van der Waals surface area contributed by atoms with Crippen molar-refractivity contribution < 1.29 is 14.6 Å². The molecule has 1 aliphatic heterocycles. The van der Waals surface area contributed by atoms with E-state index < -0.39 is 0 Å². The summed E-state index contributed by atoms with van der Waals surface area (Å²) in [6.45, 7) is 4.42. The molecule has 2 N–H and O–H groups in total. The van der Waals surface area contributed by atoms with Gasteiger partial charge in [0.15, 0.2) is 0 Å². The Hall–Kier alpha value is -0.610. The Morgan fingerprint density at radius 1 is 1.71 bits per heavy atom. The van der Waals surface area contributed by atoms with E-state index in [2.05, 4.69) is 5.32 Å². The van der Waals surface area contributed by atoms with Gasteiger partial charge in [0.2, 0.25) is 5.91 Å². The first-order chi connectivity index (χ1) is 6.67. The van der Waals surface area contributed by atoms with Crippen LogP contribution in [0.2, 0.25) is 0 Å². The third kappa shape index (κ3) is 2.96. The lowest BCUT2D eigenvalue weighted by atomic mass is 10.0. The maximum Gasteiger partial charge on any atom is 0.225 e. The maximum absolute atomic E-state index is 11.6. The summed E-state index contributed by atoms with van der Waals surface area (Å²) in [4.78, 5) is 11.6. The lowest BCUT2D eigenvalue weighted by molar-refractivity contribution is -0.126. The average molecular weight is 201 g/mol. The Labute approximate surface area is 84.6 Å². The number of rotatable bonds is 4. The Bertz CT molecular complexity index is 192. The predicted octanol–water partition coefficient (Wildman–Crippen LogP) is 0.298. The topological polar surface area (TPSA) is 58.6 Å². The van der Waals surface area contributed by atoms with Crippen molar-refractivity contribution in [3.8, 4) is 0 Å². The number of carbonyl (C=O) groups is 1. The summed E-state index contributed by atoms with van der Waals surface area (Å²) < 4.78 is 5.31. The molecule has 1 saturated heterocycles. The molecule has 0 aromatic heterocycles. The van der Waals surface area contributed by atoms with Crippen molar-refractivity contribution in [1.82, 2.24) is 5.32 Å². The molecule has 0 aromatic rings. The Morgan fingerprint density at radius 2 is 2.43 bits per heavy atom. The van der Waals surface area contributed by atoms with Crippen LogP contribution in [0.3, 0.4) is 0 Å². The highest BCUT2D eigenvalue weighted by Crippen LogP contribution is 2.19. The lowest BCUT2D eigenvalue weighted by Crippen LogP contribution is -2.40. The molecular formula is C10H19NO3. The van der Waals surface area contributed by atoms with Gasteiger partial charge in [-0.05, 0) is 19.8 Å². The number of carbonyl (C=O) groups excluding carboxylic acids is 1. The summed E-state index contributed by atoms with van der Waals surface area (Å²) in [6, 6.07) is -0.113. The highest BCUT2D eigenvalue weighted by Gasteiger charge is 2.28. The van der Waals surface area contributed by atoms with Gasteiger partial charge in [0.1, 0.15) is 0 Å². The molecule has 0 bridgehead atoms. The number of ether oxygens (including phenoxy) is 1. The number of amides is 1. The van der Waals surface area contributed by atoms with E-state index in [4.69, 9.17) is 9.84 Å². The molecule has 1 aliphatic rings. The second-order valence-corrected chi connectivity index (χ2v) is 3.87. The van der Waals surface area contributed by atoms with Crippen molar-refractivity contribution >= 4 is 5.91 Å². The first-order valence-corrected chi connectivity index (χ1v) is 5.20. The summed E-state index contributed by atoms with van der Waals surface area (Å²) in [5, 5.41) is 11.7. The smallest absolute Gasteiger partial charge is 0.225 e. The van der Waals surface area contributed by atoms with E-state index >= 15 is 0 Å². The van der Waals surface area contributed by atoms with E-state index in [0.717, 1.165) is 12.8 Å². The van der Waals surface area contributed by atoms with Crippen LogP contribution >= 0.6 is 0 Å². The van der Waals surface area contributed by atoms with Crippen LogP contribution in [0.1, 0.15) is 26.7 Å². The molecule has 3 atom stereocenters. The van der Waals surface area contributed by atoms with Gasteiger partial charge in [-0.2, -0.15) is 0 Å². The van der Waals surface area contributed by atoms with Crippen LogP contribution in [0.15, 0.2) is 0 Å². The van der Waals surface area contributed by atoms with E-state index in [1.807, 2.05) is 13.8 Å². The van der Waals surface area contributed by atoms with Gasteiger partial charge in [-0.25, -0.2) is 0 Å². The van der Waals surface area contributed by atoms with Crippen LogP contribution in [-0.2, 0) is 9.53 Å². The molecule has 1 fully saturated rings. The molecule has 1 amide bonds. The van der Waals surface area contributed by atoms with E-state index in [9.17, 15) is 4.79 Å². The van der Waals surface area contributed by atoms with Gasteiger partial charge in [-0.3, -0.25) is 4.79 Å². The van der Waals surface area contributed by atoms with Crippen LogP contribution in [0, 0.1) is 5.92 Å². The Morgan fingerprint density at radius 3 is 2.86 bits per heavy atom. The van der Waals surface area contributed by atoms with Gasteiger partial charge in [0.25, 0.3) is 0 Å². The third-order valence-electron chi connectivity index (χ3n) is 2.63. The second kappa shape index (κ2) is 5.32. The van der Waals surface area contributed by atoms with Crippen LogP contribution in [-0.4, -0.2) is 36.4 Å². The number of aliphatic hydroxyl groups is 1. The fourth-order valence-corrected chi connectivity index (χ4v) is 1.60. The summed E-state index contributed by atoms with van der Waals surface area (Å²) >= 11 is 0. The van der Waals surface area contributed by atoms with Gasteiger partial charge in [-0.15, -0.1) is 0 Å². The van der Waals surface area contributed by atoms with Crippen LogP contribution in [0.4, 0.5) is 0 Å². The normalized spacial score (nSPS) is 28.8. The molecule has 82 valence electrons. The van der Waals surface area contributed by atoms with Crippen molar-refractivity contribution in [1.29, 1.82) is 0 Å². The number of hydrogen-bond donors (Lipinski definition) is 2. The Kier molecular flexibility index (Phi) is 4.35. The first-order valence-electron chi connectivity index (χ1n) is 5.20. The molecular weight excluding hydrogens is 182 g/mol. The molecule has 0 spiro atoms. The molecule has 1 rings (SSSR count). The molecule has 0 saturated carbocycles. The van der Waals surface area contributed by atoms with Crippen molar-refractivity contribution in [2.24, 2.45) is 5.92 Å². The summed E-state index contributed by atoms with van der Waals surface area (Å²) in [6.07, 6.45) is 1.72. The summed E-state index contributed by atoms with van der Waals surface area (Å²) in [5.41, 5.74) is 0. The lowest BCUT2D eigenvalue weighted by Gasteiger charge is -2.16. The minimum absolute atomic E-state index is 0.00533. The summed E-state index contributed by atoms with van der Waals surface area (Å²) in [7, 11) is 0.